The average molecular weight is 356 g/mol. The Morgan fingerprint density at radius 1 is 1.25 bits per heavy atom. The smallest absolute Gasteiger partial charge is 0.243 e. The first-order valence-electron chi connectivity index (χ1n) is 8.08. The van der Waals surface area contributed by atoms with Gasteiger partial charge in [-0.1, -0.05) is 0 Å². The van der Waals surface area contributed by atoms with Crippen molar-refractivity contribution in [2.75, 3.05) is 56.9 Å². The summed E-state index contributed by atoms with van der Waals surface area (Å²) in [5.41, 5.74) is 0.462. The minimum Gasteiger partial charge on any atom is -0.497 e. The van der Waals surface area contributed by atoms with Crippen molar-refractivity contribution in [1.29, 1.82) is 0 Å². The molecule has 0 spiro atoms. The van der Waals surface area contributed by atoms with E-state index in [-0.39, 0.29) is 12.5 Å². The van der Waals surface area contributed by atoms with Gasteiger partial charge in [0, 0.05) is 0 Å². The summed E-state index contributed by atoms with van der Waals surface area (Å²) in [6, 6.07) is 6.65. The molecule has 1 aliphatic rings. The van der Waals surface area contributed by atoms with Crippen molar-refractivity contribution in [3.63, 3.8) is 0 Å². The molecule has 134 valence electrons. The van der Waals surface area contributed by atoms with Crippen LogP contribution in [0.3, 0.4) is 0 Å². The molecule has 7 nitrogen and oxygen atoms in total. The first-order valence-corrected chi connectivity index (χ1v) is 9.93. The van der Waals surface area contributed by atoms with Gasteiger partial charge in [0.25, 0.3) is 0 Å². The van der Waals surface area contributed by atoms with E-state index in [1.165, 1.54) is 4.90 Å². The molecule has 1 aromatic carbocycles. The number of hydrogen-bond donors (Lipinski definition) is 1. The van der Waals surface area contributed by atoms with Gasteiger partial charge in [-0.05, 0) is 31.2 Å². The molecule has 1 aliphatic heterocycles. The van der Waals surface area contributed by atoms with Crippen LogP contribution in [-0.4, -0.2) is 71.9 Å². The van der Waals surface area contributed by atoms with Crippen molar-refractivity contribution in [1.82, 2.24) is 4.90 Å². The summed E-state index contributed by atoms with van der Waals surface area (Å²) in [5.74, 6) is 0.476. The van der Waals surface area contributed by atoms with Crippen LogP contribution in [0.4, 0.5) is 5.69 Å². The van der Waals surface area contributed by atoms with Gasteiger partial charge >= 0.3 is 0 Å². The van der Waals surface area contributed by atoms with Gasteiger partial charge in [-0.25, -0.2) is 8.42 Å². The summed E-state index contributed by atoms with van der Waals surface area (Å²) in [5, 5.41) is 0. The highest BCUT2D eigenvalue weighted by Crippen LogP contribution is 2.21. The van der Waals surface area contributed by atoms with E-state index in [9.17, 15) is 13.2 Å². The minimum absolute atomic E-state index is 0.161. The van der Waals surface area contributed by atoms with Gasteiger partial charge in [0.05, 0.1) is 51.8 Å². The van der Waals surface area contributed by atoms with E-state index in [2.05, 4.69) is 6.92 Å². The number of ether oxygens (including phenoxy) is 1. The fraction of sp³-hybridized carbons (Fsp3) is 0.562. The molecule has 0 bridgehead atoms. The van der Waals surface area contributed by atoms with Gasteiger partial charge in [0.1, 0.15) is 12.3 Å². The van der Waals surface area contributed by atoms with E-state index in [1.807, 2.05) is 0 Å². The number of quaternary nitrogens is 1. The normalized spacial score (nSPS) is 16.0. The van der Waals surface area contributed by atoms with E-state index < -0.39 is 10.0 Å². The number of nitrogens with one attached hydrogen (secondary N) is 1. The number of carbonyl (C=O) groups excluding carboxylic acids is 1. The molecule has 0 saturated carbocycles. The second kappa shape index (κ2) is 7.85. The van der Waals surface area contributed by atoms with E-state index in [0.29, 0.717) is 24.5 Å². The van der Waals surface area contributed by atoms with Crippen LogP contribution in [0.5, 0.6) is 5.75 Å². The van der Waals surface area contributed by atoms with Crippen LogP contribution < -0.4 is 13.9 Å². The van der Waals surface area contributed by atoms with Crippen molar-refractivity contribution in [2.45, 2.75) is 6.92 Å². The molecule has 0 radical (unpaired) electrons. The van der Waals surface area contributed by atoms with Crippen LogP contribution in [0.2, 0.25) is 0 Å². The Morgan fingerprint density at radius 2 is 1.83 bits per heavy atom. The maximum atomic E-state index is 12.5. The topological polar surface area (TPSA) is 71.4 Å². The number of piperazine rings is 1. The van der Waals surface area contributed by atoms with Crippen LogP contribution in [0.15, 0.2) is 24.3 Å². The molecule has 0 atom stereocenters. The van der Waals surface area contributed by atoms with E-state index >= 15 is 0 Å². The van der Waals surface area contributed by atoms with Crippen LogP contribution >= 0.6 is 0 Å². The zero-order valence-electron chi connectivity index (χ0n) is 14.5. The Bertz CT molecular complexity index is 652. The predicted molar refractivity (Wildman–Crippen MR) is 93.0 cm³/mol. The Balaban J connectivity index is 2.10. The molecule has 8 heteroatoms. The standard InChI is InChI=1S/C16H25N3O4S/c1-4-17-9-11-18(12-10-17)16(20)13-19(24(3,21)22)14-5-7-15(23-2)8-6-14/h5-8H,4,9-13H2,1-3H3/p+1. The molecule has 1 aromatic rings. The van der Waals surface area contributed by atoms with Gasteiger partial charge < -0.3 is 14.5 Å². The molecule has 0 aromatic heterocycles. The zero-order chi connectivity index (χ0) is 17.7. The van der Waals surface area contributed by atoms with Crippen molar-refractivity contribution in [3.05, 3.63) is 24.3 Å². The molecule has 1 saturated heterocycles. The summed E-state index contributed by atoms with van der Waals surface area (Å²) in [6.07, 6.45) is 1.11. The van der Waals surface area contributed by atoms with E-state index in [0.717, 1.165) is 30.2 Å². The molecular weight excluding hydrogens is 330 g/mol. The van der Waals surface area contributed by atoms with Crippen LogP contribution in [0.25, 0.3) is 0 Å². The lowest BCUT2D eigenvalue weighted by Crippen LogP contribution is -3.14. The first kappa shape index (κ1) is 18.5. The van der Waals surface area contributed by atoms with Crippen molar-refractivity contribution in [3.8, 4) is 5.75 Å². The Morgan fingerprint density at radius 3 is 2.29 bits per heavy atom. The highest BCUT2D eigenvalue weighted by molar-refractivity contribution is 7.92. The molecule has 1 N–H and O–H groups in total. The first-order chi connectivity index (χ1) is 11.3. The number of methoxy groups -OCH3 is 1. The van der Waals surface area contributed by atoms with Gasteiger partial charge in [-0.15, -0.1) is 0 Å². The number of amides is 1. The van der Waals surface area contributed by atoms with E-state index in [1.54, 1.807) is 36.3 Å². The fourth-order valence-electron chi connectivity index (χ4n) is 2.80. The number of anilines is 1. The molecule has 2 rings (SSSR count). The number of benzene rings is 1. The molecule has 0 aliphatic carbocycles. The lowest BCUT2D eigenvalue weighted by atomic mass is 10.3. The number of rotatable bonds is 6. The van der Waals surface area contributed by atoms with Crippen molar-refractivity contribution >= 4 is 21.6 Å². The van der Waals surface area contributed by atoms with Gasteiger partial charge in [-0.3, -0.25) is 9.10 Å². The van der Waals surface area contributed by atoms with Crippen LogP contribution in [0.1, 0.15) is 6.92 Å². The molecular formula is C16H26N3O4S+. The number of likely N-dealkylation sites (N-methyl/N-ethyl adjacent to an activating group) is 1. The SMILES string of the molecule is CC[NH+]1CCN(C(=O)CN(c2ccc(OC)cc2)S(C)(=O)=O)CC1. The maximum absolute atomic E-state index is 12.5. The summed E-state index contributed by atoms with van der Waals surface area (Å²) in [7, 11) is -2.00. The minimum atomic E-state index is -3.55. The Labute approximate surface area is 143 Å². The lowest BCUT2D eigenvalue weighted by molar-refractivity contribution is -0.902. The maximum Gasteiger partial charge on any atom is 0.243 e. The molecule has 1 heterocycles. The Hall–Kier alpha value is -1.80. The second-order valence-corrected chi connectivity index (χ2v) is 7.86. The number of carbonyl (C=O) groups is 1. The van der Waals surface area contributed by atoms with E-state index in [4.69, 9.17) is 4.74 Å². The van der Waals surface area contributed by atoms with Crippen LogP contribution in [0, 0.1) is 0 Å². The zero-order valence-corrected chi connectivity index (χ0v) is 15.3. The summed E-state index contributed by atoms with van der Waals surface area (Å²) in [6.45, 7) is 6.15. The molecule has 0 unspecified atom stereocenters. The monoisotopic (exact) mass is 356 g/mol. The average Bonchev–Trinajstić information content (AvgIpc) is 2.58. The lowest BCUT2D eigenvalue weighted by Gasteiger charge is -2.33. The van der Waals surface area contributed by atoms with Crippen molar-refractivity contribution in [2.24, 2.45) is 0 Å². The quantitative estimate of drug-likeness (QED) is 0.725. The summed E-state index contributed by atoms with van der Waals surface area (Å²) < 4.78 is 30.5. The third-order valence-corrected chi connectivity index (χ3v) is 5.50. The molecule has 24 heavy (non-hydrogen) atoms. The predicted octanol–water partition coefficient (Wildman–Crippen LogP) is -0.792. The number of hydrogen-bond acceptors (Lipinski definition) is 4. The number of sulfonamides is 1. The molecule has 1 amide bonds. The number of nitrogens with zero attached hydrogens (tertiary/aromatic N) is 2. The Kier molecular flexibility index (Phi) is 6.06. The largest absolute Gasteiger partial charge is 0.497 e. The summed E-state index contributed by atoms with van der Waals surface area (Å²) >= 11 is 0. The van der Waals surface area contributed by atoms with Crippen molar-refractivity contribution < 1.29 is 22.8 Å². The fourth-order valence-corrected chi connectivity index (χ4v) is 3.65. The summed E-state index contributed by atoms with van der Waals surface area (Å²) in [4.78, 5) is 15.8. The molecule has 1 fully saturated rings. The van der Waals surface area contributed by atoms with Gasteiger partial charge in [-0.2, -0.15) is 0 Å². The van der Waals surface area contributed by atoms with Gasteiger partial charge in [0.2, 0.25) is 15.9 Å². The third kappa shape index (κ3) is 4.61. The van der Waals surface area contributed by atoms with Gasteiger partial charge in [0.15, 0.2) is 0 Å². The second-order valence-electron chi connectivity index (χ2n) is 5.95. The van der Waals surface area contributed by atoms with Crippen LogP contribution in [-0.2, 0) is 14.8 Å². The highest BCUT2D eigenvalue weighted by Gasteiger charge is 2.27. The highest BCUT2D eigenvalue weighted by atomic mass is 32.2. The third-order valence-electron chi connectivity index (χ3n) is 4.36.